The van der Waals surface area contributed by atoms with E-state index in [2.05, 4.69) is 10.0 Å². The Morgan fingerprint density at radius 2 is 1.75 bits per heavy atom. The van der Waals surface area contributed by atoms with Crippen LogP contribution in [0.3, 0.4) is 0 Å². The van der Waals surface area contributed by atoms with Crippen LogP contribution in [-0.2, 0) is 15.4 Å². The zero-order chi connectivity index (χ0) is 21.1. The molecule has 0 aliphatic heterocycles. The average Bonchev–Trinajstić information content (AvgIpc) is 2.65. The summed E-state index contributed by atoms with van der Waals surface area (Å²) in [5.41, 5.74) is 0.375. The molecule has 1 amide bonds. The fourth-order valence-electron chi connectivity index (χ4n) is 2.77. The number of sulfonamides is 1. The number of rotatable bonds is 7. The second-order valence-corrected chi connectivity index (χ2v) is 9.41. The molecule has 0 aliphatic rings. The lowest BCUT2D eigenvalue weighted by atomic mass is 9.84. The second kappa shape index (κ2) is 8.69. The molecule has 0 atom stereocenters. The van der Waals surface area contributed by atoms with Gasteiger partial charge in [-0.3, -0.25) is 4.79 Å². The first-order valence-corrected chi connectivity index (χ1v) is 10.6. The van der Waals surface area contributed by atoms with Crippen LogP contribution in [0.15, 0.2) is 41.3 Å². The lowest BCUT2D eigenvalue weighted by Crippen LogP contribution is -2.37. The van der Waals surface area contributed by atoms with E-state index >= 15 is 0 Å². The Bertz CT molecular complexity index is 971. The maximum Gasteiger partial charge on any atom is 0.251 e. The summed E-state index contributed by atoms with van der Waals surface area (Å²) in [5, 5.41) is 3.84. The topological polar surface area (TPSA) is 84.5 Å². The summed E-state index contributed by atoms with van der Waals surface area (Å²) in [5.74, 6) is -0.277. The van der Waals surface area contributed by atoms with Gasteiger partial charge < -0.3 is 10.1 Å². The van der Waals surface area contributed by atoms with Crippen molar-refractivity contribution in [2.75, 3.05) is 20.7 Å². The van der Waals surface area contributed by atoms with Crippen molar-refractivity contribution in [1.29, 1.82) is 0 Å². The molecule has 9 heteroatoms. The van der Waals surface area contributed by atoms with Gasteiger partial charge >= 0.3 is 0 Å². The van der Waals surface area contributed by atoms with Gasteiger partial charge in [-0.15, -0.1) is 0 Å². The fraction of sp³-hybridized carbons (Fsp3) is 0.316. The van der Waals surface area contributed by atoms with E-state index < -0.39 is 21.3 Å². The largest absolute Gasteiger partial charge is 0.495 e. The minimum absolute atomic E-state index is 0.112. The Labute approximate surface area is 175 Å². The number of carbonyl (C=O) groups is 1. The third-order valence-electron chi connectivity index (χ3n) is 4.31. The quantitative estimate of drug-likeness (QED) is 0.682. The van der Waals surface area contributed by atoms with Crippen molar-refractivity contribution in [3.63, 3.8) is 0 Å². The van der Waals surface area contributed by atoms with Gasteiger partial charge in [0.15, 0.2) is 0 Å². The van der Waals surface area contributed by atoms with Gasteiger partial charge in [0.1, 0.15) is 10.6 Å². The van der Waals surface area contributed by atoms with Crippen LogP contribution in [0.2, 0.25) is 10.0 Å². The van der Waals surface area contributed by atoms with Crippen LogP contribution >= 0.6 is 23.2 Å². The molecule has 2 aromatic carbocycles. The van der Waals surface area contributed by atoms with Gasteiger partial charge in [0.2, 0.25) is 10.0 Å². The van der Waals surface area contributed by atoms with Crippen LogP contribution in [0, 0.1) is 0 Å². The number of methoxy groups -OCH3 is 1. The number of halogens is 2. The van der Waals surface area contributed by atoms with Gasteiger partial charge in [0.25, 0.3) is 5.91 Å². The molecule has 0 saturated heterocycles. The third kappa shape index (κ3) is 4.78. The molecule has 0 radical (unpaired) electrons. The monoisotopic (exact) mass is 444 g/mol. The number of ether oxygens (including phenoxy) is 1. The summed E-state index contributed by atoms with van der Waals surface area (Å²) in [7, 11) is -1.13. The van der Waals surface area contributed by atoms with Crippen molar-refractivity contribution in [3.05, 3.63) is 57.6 Å². The standard InChI is InChI=1S/C19H22Cl2N2O4S/c1-19(2,17-13(20)6-5-7-14(17)21)11-23-18(24)12-8-9-15(27-4)16(10-12)28(25,26)22-3/h5-10,22H,11H2,1-4H3,(H,23,24). The van der Waals surface area contributed by atoms with E-state index in [1.807, 2.05) is 13.8 Å². The zero-order valence-electron chi connectivity index (χ0n) is 16.0. The van der Waals surface area contributed by atoms with Crippen molar-refractivity contribution in [2.45, 2.75) is 24.2 Å². The molecule has 0 saturated carbocycles. The summed E-state index contributed by atoms with van der Waals surface area (Å²) in [6, 6.07) is 9.45. The number of carbonyl (C=O) groups excluding carboxylic acids is 1. The highest BCUT2D eigenvalue weighted by molar-refractivity contribution is 7.89. The molecule has 0 fully saturated rings. The molecule has 0 bridgehead atoms. The first-order chi connectivity index (χ1) is 13.0. The minimum atomic E-state index is -3.78. The average molecular weight is 445 g/mol. The summed E-state index contributed by atoms with van der Waals surface area (Å²) < 4.78 is 31.7. The number of hydrogen-bond acceptors (Lipinski definition) is 4. The third-order valence-corrected chi connectivity index (χ3v) is 6.38. The predicted molar refractivity (Wildman–Crippen MR) is 111 cm³/mol. The van der Waals surface area contributed by atoms with Crippen LogP contribution in [0.4, 0.5) is 0 Å². The van der Waals surface area contributed by atoms with E-state index in [0.29, 0.717) is 10.0 Å². The van der Waals surface area contributed by atoms with Gasteiger partial charge in [-0.2, -0.15) is 0 Å². The summed E-state index contributed by atoms with van der Waals surface area (Å²) >= 11 is 12.6. The first kappa shape index (κ1) is 22.5. The van der Waals surface area contributed by atoms with Crippen LogP contribution < -0.4 is 14.8 Å². The summed E-state index contributed by atoms with van der Waals surface area (Å²) in [4.78, 5) is 12.5. The molecule has 152 valence electrons. The van der Waals surface area contributed by atoms with Gasteiger partial charge in [0.05, 0.1) is 7.11 Å². The van der Waals surface area contributed by atoms with Crippen LogP contribution in [0.5, 0.6) is 5.75 Å². The number of nitrogens with one attached hydrogen (secondary N) is 2. The maximum atomic E-state index is 12.6. The molecule has 0 spiro atoms. The van der Waals surface area contributed by atoms with Crippen LogP contribution in [0.25, 0.3) is 0 Å². The highest BCUT2D eigenvalue weighted by atomic mass is 35.5. The Kier molecular flexibility index (Phi) is 6.98. The van der Waals surface area contributed by atoms with Gasteiger partial charge in [0, 0.05) is 27.6 Å². The van der Waals surface area contributed by atoms with Crippen molar-refractivity contribution in [1.82, 2.24) is 10.0 Å². The molecule has 0 heterocycles. The Morgan fingerprint density at radius 3 is 2.29 bits per heavy atom. The Balaban J connectivity index is 2.27. The van der Waals surface area contributed by atoms with Gasteiger partial charge in [-0.1, -0.05) is 43.1 Å². The van der Waals surface area contributed by atoms with Gasteiger partial charge in [-0.25, -0.2) is 13.1 Å². The summed E-state index contributed by atoms with van der Waals surface area (Å²) in [6.45, 7) is 4.06. The highest BCUT2D eigenvalue weighted by Gasteiger charge is 2.27. The SMILES string of the molecule is CNS(=O)(=O)c1cc(C(=O)NCC(C)(C)c2c(Cl)cccc2Cl)ccc1OC. The molecule has 0 unspecified atom stereocenters. The number of hydrogen-bond donors (Lipinski definition) is 2. The molecule has 2 N–H and O–H groups in total. The maximum absolute atomic E-state index is 12.6. The van der Waals surface area contributed by atoms with Crippen molar-refractivity contribution in [2.24, 2.45) is 0 Å². The number of amides is 1. The number of benzene rings is 2. The lowest BCUT2D eigenvalue weighted by Gasteiger charge is -2.27. The van der Waals surface area contributed by atoms with E-state index in [0.717, 1.165) is 5.56 Å². The molecule has 6 nitrogen and oxygen atoms in total. The van der Waals surface area contributed by atoms with Crippen LogP contribution in [0.1, 0.15) is 29.8 Å². The van der Waals surface area contributed by atoms with E-state index in [-0.39, 0.29) is 22.8 Å². The first-order valence-electron chi connectivity index (χ1n) is 8.38. The molecule has 0 aliphatic carbocycles. The normalized spacial score (nSPS) is 11.9. The van der Waals surface area contributed by atoms with E-state index in [1.165, 1.54) is 32.4 Å². The zero-order valence-corrected chi connectivity index (χ0v) is 18.3. The molecule has 0 aromatic heterocycles. The molecular formula is C19H22Cl2N2O4S. The molecular weight excluding hydrogens is 423 g/mol. The minimum Gasteiger partial charge on any atom is -0.495 e. The molecule has 2 aromatic rings. The van der Waals surface area contributed by atoms with Crippen molar-refractivity contribution >= 4 is 39.1 Å². The van der Waals surface area contributed by atoms with E-state index in [9.17, 15) is 13.2 Å². The molecule has 28 heavy (non-hydrogen) atoms. The fourth-order valence-corrected chi connectivity index (χ4v) is 4.60. The smallest absolute Gasteiger partial charge is 0.251 e. The van der Waals surface area contributed by atoms with E-state index in [4.69, 9.17) is 27.9 Å². The van der Waals surface area contributed by atoms with Crippen molar-refractivity contribution in [3.8, 4) is 5.75 Å². The second-order valence-electron chi connectivity index (χ2n) is 6.74. The molecule has 2 rings (SSSR count). The predicted octanol–water partition coefficient (Wildman–Crippen LogP) is 3.62. The van der Waals surface area contributed by atoms with Crippen LogP contribution in [-0.4, -0.2) is 35.0 Å². The summed E-state index contributed by atoms with van der Waals surface area (Å²) in [6.07, 6.45) is 0. The Morgan fingerprint density at radius 1 is 1.14 bits per heavy atom. The van der Waals surface area contributed by atoms with Gasteiger partial charge in [-0.05, 0) is 42.9 Å². The lowest BCUT2D eigenvalue weighted by molar-refractivity contribution is 0.0945. The van der Waals surface area contributed by atoms with Crippen molar-refractivity contribution < 1.29 is 17.9 Å². The van der Waals surface area contributed by atoms with E-state index in [1.54, 1.807) is 18.2 Å². The Hall–Kier alpha value is -1.80. The highest BCUT2D eigenvalue weighted by Crippen LogP contribution is 2.35.